The highest BCUT2D eigenvalue weighted by molar-refractivity contribution is 7.98. The van der Waals surface area contributed by atoms with Gasteiger partial charge in [0, 0.05) is 11.3 Å². The number of nitrogens with one attached hydrogen (secondary N) is 2. The van der Waals surface area contributed by atoms with Crippen molar-refractivity contribution >= 4 is 45.2 Å². The van der Waals surface area contributed by atoms with E-state index >= 15 is 0 Å². The summed E-state index contributed by atoms with van der Waals surface area (Å²) < 4.78 is 27.4. The first-order valence-corrected chi connectivity index (χ1v) is 9.32. The molecule has 1 unspecified atom stereocenters. The fourth-order valence-electron chi connectivity index (χ4n) is 2.16. The van der Waals surface area contributed by atoms with Crippen molar-refractivity contribution in [3.8, 4) is 0 Å². The van der Waals surface area contributed by atoms with E-state index in [0.717, 1.165) is 29.2 Å². The van der Waals surface area contributed by atoms with Crippen molar-refractivity contribution in [1.29, 1.82) is 0 Å². The number of thiazole rings is 1. The molecule has 0 saturated heterocycles. The maximum atomic E-state index is 13.8. The molecule has 1 aromatic carbocycles. The van der Waals surface area contributed by atoms with Crippen LogP contribution in [0.1, 0.15) is 5.56 Å². The summed E-state index contributed by atoms with van der Waals surface area (Å²) in [7, 11) is 0. The number of aliphatic hydroxyl groups is 1. The topological polar surface area (TPSA) is 134 Å². The van der Waals surface area contributed by atoms with Crippen molar-refractivity contribution < 1.29 is 18.7 Å². The number of aliphatic hydroxyl groups excluding tert-OH is 1. The first-order chi connectivity index (χ1) is 12.9. The summed E-state index contributed by atoms with van der Waals surface area (Å²) in [5.74, 6) is -2.54. The minimum absolute atomic E-state index is 0.0438. The zero-order valence-corrected chi connectivity index (χ0v) is 15.2. The van der Waals surface area contributed by atoms with Gasteiger partial charge >= 0.3 is 4.87 Å². The number of carbonyl (C=O) groups excluding carboxylic acids is 1. The second kappa shape index (κ2) is 7.98. The molecule has 0 radical (unpaired) electrons. The third-order valence-electron chi connectivity index (χ3n) is 3.49. The molecular formula is C15H13F2N5O3S2. The van der Waals surface area contributed by atoms with Crippen LogP contribution >= 0.6 is 23.1 Å². The van der Waals surface area contributed by atoms with Crippen molar-refractivity contribution in [2.75, 3.05) is 11.9 Å². The van der Waals surface area contributed by atoms with Gasteiger partial charge in [0.25, 0.3) is 0 Å². The Kier molecular flexibility index (Phi) is 5.68. The summed E-state index contributed by atoms with van der Waals surface area (Å²) >= 11 is 1.83. The van der Waals surface area contributed by atoms with E-state index in [4.69, 9.17) is 5.73 Å². The number of carbonyl (C=O) groups is 1. The van der Waals surface area contributed by atoms with Crippen molar-refractivity contribution in [1.82, 2.24) is 15.0 Å². The van der Waals surface area contributed by atoms with Crippen LogP contribution in [0.4, 0.5) is 14.6 Å². The number of anilines is 1. The molecule has 0 aliphatic heterocycles. The fraction of sp³-hybridized carbons (Fsp3) is 0.200. The number of aromatic nitrogens is 3. The van der Waals surface area contributed by atoms with Crippen molar-refractivity contribution in [2.24, 2.45) is 5.73 Å². The zero-order valence-electron chi connectivity index (χ0n) is 13.5. The van der Waals surface area contributed by atoms with Crippen LogP contribution in [0, 0.1) is 11.6 Å². The summed E-state index contributed by atoms with van der Waals surface area (Å²) in [5, 5.41) is 12.1. The first kappa shape index (κ1) is 19.2. The van der Waals surface area contributed by atoms with Crippen LogP contribution in [0.2, 0.25) is 0 Å². The molecule has 0 saturated carbocycles. The van der Waals surface area contributed by atoms with Crippen LogP contribution in [0.5, 0.6) is 0 Å². The molecule has 0 fully saturated rings. The van der Waals surface area contributed by atoms with E-state index in [1.54, 1.807) is 0 Å². The van der Waals surface area contributed by atoms with Crippen LogP contribution in [0.25, 0.3) is 10.3 Å². The summed E-state index contributed by atoms with van der Waals surface area (Å²) in [6, 6.07) is 2.73. The van der Waals surface area contributed by atoms with Gasteiger partial charge in [0.15, 0.2) is 28.3 Å². The zero-order chi connectivity index (χ0) is 19.6. The van der Waals surface area contributed by atoms with E-state index in [9.17, 15) is 23.5 Å². The number of nitrogens with two attached hydrogens (primary N) is 1. The van der Waals surface area contributed by atoms with Crippen LogP contribution in [0.3, 0.4) is 0 Å². The van der Waals surface area contributed by atoms with Crippen LogP contribution in [0.15, 0.2) is 28.2 Å². The Balaban J connectivity index is 1.92. The molecule has 0 aliphatic carbocycles. The number of H-pyrrole nitrogens is 1. The molecule has 0 aliphatic rings. The van der Waals surface area contributed by atoms with E-state index < -0.39 is 30.2 Å². The average molecular weight is 413 g/mol. The monoisotopic (exact) mass is 413 g/mol. The van der Waals surface area contributed by atoms with Gasteiger partial charge in [-0.05, 0) is 6.07 Å². The normalized spacial score (nSPS) is 12.3. The van der Waals surface area contributed by atoms with Gasteiger partial charge in [0.2, 0.25) is 5.91 Å². The van der Waals surface area contributed by atoms with Gasteiger partial charge in [-0.2, -0.15) is 0 Å². The number of nitrogens with zero attached hydrogens (tertiary/aromatic N) is 2. The summed E-state index contributed by atoms with van der Waals surface area (Å²) in [5.41, 5.74) is 5.54. The molecule has 12 heteroatoms. The number of hydrogen-bond acceptors (Lipinski definition) is 8. The molecule has 5 N–H and O–H groups in total. The number of primary amides is 1. The number of hydrogen-bond donors (Lipinski definition) is 4. The molecule has 0 spiro atoms. The van der Waals surface area contributed by atoms with Crippen molar-refractivity contribution in [3.05, 3.63) is 45.1 Å². The first-order valence-electron chi connectivity index (χ1n) is 7.52. The Bertz CT molecular complexity index is 1060. The second-order valence-corrected chi connectivity index (χ2v) is 7.26. The molecular weight excluding hydrogens is 400 g/mol. The third kappa shape index (κ3) is 4.23. The van der Waals surface area contributed by atoms with E-state index in [-0.39, 0.29) is 32.8 Å². The minimum atomic E-state index is -1.11. The molecule has 2 aromatic heterocycles. The molecule has 3 rings (SSSR count). The van der Waals surface area contributed by atoms with Gasteiger partial charge < -0.3 is 16.2 Å². The number of thioether (sulfide) groups is 1. The summed E-state index contributed by atoms with van der Waals surface area (Å²) in [6.45, 7) is -0.572. The molecule has 8 nitrogen and oxygen atoms in total. The highest BCUT2D eigenvalue weighted by atomic mass is 32.2. The lowest BCUT2D eigenvalue weighted by Crippen LogP contribution is -2.38. The summed E-state index contributed by atoms with van der Waals surface area (Å²) in [6.07, 6.45) is 0. The minimum Gasteiger partial charge on any atom is -0.394 e. The molecule has 27 heavy (non-hydrogen) atoms. The third-order valence-corrected chi connectivity index (χ3v) is 5.26. The highest BCUT2D eigenvalue weighted by Crippen LogP contribution is 2.28. The van der Waals surface area contributed by atoms with Gasteiger partial charge in [-0.15, -0.1) is 0 Å². The Morgan fingerprint density at radius 1 is 1.41 bits per heavy atom. The van der Waals surface area contributed by atoms with E-state index in [1.807, 2.05) is 0 Å². The Morgan fingerprint density at radius 2 is 2.19 bits per heavy atom. The van der Waals surface area contributed by atoms with Crippen LogP contribution in [-0.2, 0) is 10.5 Å². The molecule has 3 aromatic rings. The maximum absolute atomic E-state index is 13.8. The van der Waals surface area contributed by atoms with Crippen LogP contribution < -0.4 is 15.9 Å². The van der Waals surface area contributed by atoms with Gasteiger partial charge in [-0.25, -0.2) is 18.7 Å². The average Bonchev–Trinajstić information content (AvgIpc) is 3.00. The standard InChI is InChI=1S/C15H13F2N5O3S2/c16-7-3-1-2-6(9(7)17)5-26-14-20-12(19-8(4-23)11(18)24)10-13(21-14)22-15(25)27-10/h1-3,8,23H,4-5H2,(H2,18,24)(H2,19,20,21,22,25). The van der Waals surface area contributed by atoms with E-state index in [0.29, 0.717) is 4.70 Å². The number of rotatable bonds is 7. The Labute approximate surface area is 158 Å². The van der Waals surface area contributed by atoms with E-state index in [1.165, 1.54) is 12.1 Å². The Morgan fingerprint density at radius 3 is 2.89 bits per heavy atom. The highest BCUT2D eigenvalue weighted by Gasteiger charge is 2.19. The predicted octanol–water partition coefficient (Wildman–Crippen LogP) is 1.21. The largest absolute Gasteiger partial charge is 0.394 e. The van der Waals surface area contributed by atoms with Gasteiger partial charge in [-0.1, -0.05) is 35.2 Å². The SMILES string of the molecule is NC(=O)C(CO)Nc1nc(SCc2cccc(F)c2F)nc2[nH]c(=O)sc12. The van der Waals surface area contributed by atoms with Gasteiger partial charge in [0.05, 0.1) is 6.61 Å². The molecule has 0 bridgehead atoms. The van der Waals surface area contributed by atoms with Gasteiger partial charge in [0.1, 0.15) is 10.7 Å². The molecule has 2 heterocycles. The van der Waals surface area contributed by atoms with Crippen LogP contribution in [-0.4, -0.2) is 38.6 Å². The van der Waals surface area contributed by atoms with E-state index in [2.05, 4.69) is 20.3 Å². The predicted molar refractivity (Wildman–Crippen MR) is 97.6 cm³/mol. The fourth-order valence-corrected chi connectivity index (χ4v) is 3.71. The number of aromatic amines is 1. The maximum Gasteiger partial charge on any atom is 0.306 e. The number of benzene rings is 1. The van der Waals surface area contributed by atoms with Crippen molar-refractivity contribution in [2.45, 2.75) is 17.0 Å². The number of halogens is 2. The lowest BCUT2D eigenvalue weighted by Gasteiger charge is -2.14. The lowest BCUT2D eigenvalue weighted by molar-refractivity contribution is -0.119. The van der Waals surface area contributed by atoms with Crippen molar-refractivity contribution in [3.63, 3.8) is 0 Å². The molecule has 142 valence electrons. The van der Waals surface area contributed by atoms with Gasteiger partial charge in [-0.3, -0.25) is 14.6 Å². The Hall–Kier alpha value is -2.57. The summed E-state index contributed by atoms with van der Waals surface area (Å²) in [4.78, 5) is 33.5. The second-order valence-electron chi connectivity index (χ2n) is 5.33. The molecule has 1 amide bonds. The lowest BCUT2D eigenvalue weighted by atomic mass is 10.2. The smallest absolute Gasteiger partial charge is 0.306 e. The number of fused-ring (bicyclic) bond motifs is 1. The molecule has 1 atom stereocenters. The number of amides is 1. The quantitative estimate of drug-likeness (QED) is 0.338.